The second-order valence-corrected chi connectivity index (χ2v) is 5.46. The number of methoxy groups -OCH3 is 1. The smallest absolute Gasteiger partial charge is 0.416 e. The van der Waals surface area contributed by atoms with E-state index in [1.165, 1.54) is 14.0 Å². The first kappa shape index (κ1) is 18.3. The second-order valence-electron chi connectivity index (χ2n) is 5.46. The number of pyridine rings is 1. The molecular formula is C15H20F3N3O3. The largest absolute Gasteiger partial charge is 0.481 e. The van der Waals surface area contributed by atoms with Gasteiger partial charge in [0.25, 0.3) is 0 Å². The average molecular weight is 347 g/mol. The highest BCUT2D eigenvalue weighted by molar-refractivity contribution is 5.74. The van der Waals surface area contributed by atoms with Crippen molar-refractivity contribution in [2.24, 2.45) is 0 Å². The number of carbonyl (C=O) groups excluding carboxylic acids is 1. The van der Waals surface area contributed by atoms with Crippen molar-refractivity contribution in [2.45, 2.75) is 31.7 Å². The minimum absolute atomic E-state index is 0.128. The van der Waals surface area contributed by atoms with Crippen molar-refractivity contribution in [2.75, 3.05) is 26.8 Å². The first-order chi connectivity index (χ1) is 11.3. The number of morpholine rings is 1. The second kappa shape index (κ2) is 7.69. The molecule has 1 fully saturated rings. The van der Waals surface area contributed by atoms with Gasteiger partial charge in [-0.1, -0.05) is 0 Å². The van der Waals surface area contributed by atoms with Crippen LogP contribution in [-0.4, -0.2) is 61.0 Å². The highest BCUT2D eigenvalue weighted by Gasteiger charge is 2.48. The summed E-state index contributed by atoms with van der Waals surface area (Å²) in [4.78, 5) is 17.3. The van der Waals surface area contributed by atoms with Gasteiger partial charge in [-0.25, -0.2) is 9.78 Å². The van der Waals surface area contributed by atoms with Gasteiger partial charge in [-0.05, 0) is 25.0 Å². The van der Waals surface area contributed by atoms with Crippen LogP contribution in [0.4, 0.5) is 18.0 Å². The van der Waals surface area contributed by atoms with E-state index in [4.69, 9.17) is 9.47 Å². The van der Waals surface area contributed by atoms with Gasteiger partial charge in [0.2, 0.25) is 5.88 Å². The Morgan fingerprint density at radius 3 is 2.96 bits per heavy atom. The highest BCUT2D eigenvalue weighted by atomic mass is 19.4. The molecule has 2 heterocycles. The summed E-state index contributed by atoms with van der Waals surface area (Å²) in [5.41, 5.74) is 0.908. The van der Waals surface area contributed by atoms with Crippen LogP contribution in [0.2, 0.25) is 0 Å². The molecule has 2 amide bonds. The number of halogens is 3. The van der Waals surface area contributed by atoms with Gasteiger partial charge < -0.3 is 19.7 Å². The normalized spacial score (nSPS) is 21.5. The summed E-state index contributed by atoms with van der Waals surface area (Å²) < 4.78 is 48.4. The summed E-state index contributed by atoms with van der Waals surface area (Å²) in [5, 5.41) is 2.64. The number of urea groups is 1. The molecule has 0 aliphatic carbocycles. The van der Waals surface area contributed by atoms with Crippen LogP contribution in [0, 0.1) is 0 Å². The third kappa shape index (κ3) is 4.50. The molecule has 0 aromatic carbocycles. The summed E-state index contributed by atoms with van der Waals surface area (Å²) in [6.07, 6.45) is -4.34. The minimum atomic E-state index is -4.49. The van der Waals surface area contributed by atoms with Crippen LogP contribution >= 0.6 is 0 Å². The van der Waals surface area contributed by atoms with E-state index in [0.717, 1.165) is 10.5 Å². The number of nitrogens with zero attached hydrogens (tertiary/aromatic N) is 2. The predicted octanol–water partition coefficient (Wildman–Crippen LogP) is 1.99. The van der Waals surface area contributed by atoms with Gasteiger partial charge in [0.15, 0.2) is 6.10 Å². The number of nitrogens with one attached hydrogen (secondary N) is 1. The number of amides is 2. The Morgan fingerprint density at radius 1 is 1.54 bits per heavy atom. The first-order valence-corrected chi connectivity index (χ1v) is 7.54. The van der Waals surface area contributed by atoms with Crippen LogP contribution in [0.25, 0.3) is 0 Å². The lowest BCUT2D eigenvalue weighted by Crippen LogP contribution is -2.59. The molecule has 2 unspecified atom stereocenters. The maximum Gasteiger partial charge on any atom is 0.416 e. The molecular weight excluding hydrogens is 327 g/mol. The summed E-state index contributed by atoms with van der Waals surface area (Å²) in [5.74, 6) is 0.466. The van der Waals surface area contributed by atoms with Gasteiger partial charge in [0.05, 0.1) is 19.8 Å². The van der Waals surface area contributed by atoms with Crippen molar-refractivity contribution in [3.8, 4) is 5.88 Å². The molecule has 1 aliphatic heterocycles. The molecule has 24 heavy (non-hydrogen) atoms. The van der Waals surface area contributed by atoms with Crippen LogP contribution in [0.15, 0.2) is 18.3 Å². The fraction of sp³-hybridized carbons (Fsp3) is 0.600. The molecule has 2 rings (SSSR count). The van der Waals surface area contributed by atoms with Crippen molar-refractivity contribution >= 4 is 6.03 Å². The number of hydrogen-bond acceptors (Lipinski definition) is 4. The van der Waals surface area contributed by atoms with Crippen LogP contribution in [-0.2, 0) is 11.2 Å². The molecule has 2 atom stereocenters. The maximum atomic E-state index is 12.9. The maximum absolute atomic E-state index is 12.9. The van der Waals surface area contributed by atoms with Crippen LogP contribution in [0.3, 0.4) is 0 Å². The molecule has 1 aromatic heterocycles. The molecule has 6 nitrogen and oxygen atoms in total. The van der Waals surface area contributed by atoms with E-state index in [-0.39, 0.29) is 13.2 Å². The Labute approximate surface area is 137 Å². The Morgan fingerprint density at radius 2 is 2.29 bits per heavy atom. The van der Waals surface area contributed by atoms with Gasteiger partial charge in [-0.3, -0.25) is 0 Å². The molecule has 134 valence electrons. The predicted molar refractivity (Wildman–Crippen MR) is 79.9 cm³/mol. The SMILES string of the molecule is COc1cc(CCNC(=O)N2CCOC(C(F)(F)F)C2C)ccn1. The lowest BCUT2D eigenvalue weighted by Gasteiger charge is -2.39. The van der Waals surface area contributed by atoms with E-state index in [9.17, 15) is 18.0 Å². The number of alkyl halides is 3. The fourth-order valence-electron chi connectivity index (χ4n) is 2.57. The summed E-state index contributed by atoms with van der Waals surface area (Å²) >= 11 is 0. The van der Waals surface area contributed by atoms with E-state index in [1.807, 2.05) is 0 Å². The summed E-state index contributed by atoms with van der Waals surface area (Å²) in [6.45, 7) is 1.63. The zero-order chi connectivity index (χ0) is 17.7. The Bertz CT molecular complexity index is 568. The number of hydrogen-bond donors (Lipinski definition) is 1. The molecule has 1 aromatic rings. The highest BCUT2D eigenvalue weighted by Crippen LogP contribution is 2.29. The van der Waals surface area contributed by atoms with Gasteiger partial charge in [0.1, 0.15) is 0 Å². The lowest BCUT2D eigenvalue weighted by molar-refractivity contribution is -0.246. The Kier molecular flexibility index (Phi) is 5.87. The topological polar surface area (TPSA) is 63.7 Å². The Balaban J connectivity index is 1.87. The molecule has 9 heteroatoms. The van der Waals surface area contributed by atoms with E-state index in [0.29, 0.717) is 18.8 Å². The van der Waals surface area contributed by atoms with Crippen molar-refractivity contribution in [1.82, 2.24) is 15.2 Å². The van der Waals surface area contributed by atoms with Gasteiger partial charge in [0, 0.05) is 25.4 Å². The number of aromatic nitrogens is 1. The average Bonchev–Trinajstić information content (AvgIpc) is 2.54. The summed E-state index contributed by atoms with van der Waals surface area (Å²) in [7, 11) is 1.50. The Hall–Kier alpha value is -2.03. The number of carbonyl (C=O) groups is 1. The lowest BCUT2D eigenvalue weighted by atomic mass is 10.1. The van der Waals surface area contributed by atoms with Crippen molar-refractivity contribution in [3.63, 3.8) is 0 Å². The van der Waals surface area contributed by atoms with Crippen LogP contribution < -0.4 is 10.1 Å². The van der Waals surface area contributed by atoms with Gasteiger partial charge in [-0.2, -0.15) is 13.2 Å². The van der Waals surface area contributed by atoms with Crippen molar-refractivity contribution in [1.29, 1.82) is 0 Å². The minimum Gasteiger partial charge on any atom is -0.481 e. The van der Waals surface area contributed by atoms with E-state index in [2.05, 4.69) is 10.3 Å². The van der Waals surface area contributed by atoms with E-state index >= 15 is 0 Å². The molecule has 1 N–H and O–H groups in total. The molecule has 0 bridgehead atoms. The molecule has 0 spiro atoms. The van der Waals surface area contributed by atoms with Crippen molar-refractivity contribution in [3.05, 3.63) is 23.9 Å². The van der Waals surface area contributed by atoms with Gasteiger partial charge >= 0.3 is 12.2 Å². The zero-order valence-electron chi connectivity index (χ0n) is 13.5. The number of rotatable bonds is 4. The molecule has 0 saturated carbocycles. The third-order valence-corrected chi connectivity index (χ3v) is 3.84. The van der Waals surface area contributed by atoms with E-state index < -0.39 is 24.4 Å². The zero-order valence-corrected chi connectivity index (χ0v) is 13.5. The third-order valence-electron chi connectivity index (χ3n) is 3.84. The first-order valence-electron chi connectivity index (χ1n) is 7.54. The van der Waals surface area contributed by atoms with Crippen LogP contribution in [0.1, 0.15) is 12.5 Å². The van der Waals surface area contributed by atoms with Gasteiger partial charge in [-0.15, -0.1) is 0 Å². The van der Waals surface area contributed by atoms with Crippen LogP contribution in [0.5, 0.6) is 5.88 Å². The monoisotopic (exact) mass is 347 g/mol. The quantitative estimate of drug-likeness (QED) is 0.905. The molecule has 0 radical (unpaired) electrons. The van der Waals surface area contributed by atoms with E-state index in [1.54, 1.807) is 18.3 Å². The number of ether oxygens (including phenoxy) is 2. The molecule has 1 aliphatic rings. The fourth-order valence-corrected chi connectivity index (χ4v) is 2.57. The standard InChI is InChI=1S/C15H20F3N3O3/c1-10-13(15(16,17)18)24-8-7-21(10)14(22)20-6-4-11-3-5-19-12(9-11)23-2/h3,5,9-10,13H,4,6-8H2,1-2H3,(H,20,22). The van der Waals surface area contributed by atoms with Crippen molar-refractivity contribution < 1.29 is 27.4 Å². The molecule has 1 saturated heterocycles. The summed E-state index contributed by atoms with van der Waals surface area (Å²) in [6, 6.07) is 1.93.